The lowest BCUT2D eigenvalue weighted by Crippen LogP contribution is -2.06. The van der Waals surface area contributed by atoms with E-state index in [0.717, 1.165) is 12.1 Å². The van der Waals surface area contributed by atoms with Gasteiger partial charge in [-0.25, -0.2) is 9.97 Å². The lowest BCUT2D eigenvalue weighted by Gasteiger charge is -2.09. The van der Waals surface area contributed by atoms with Crippen LogP contribution in [0.25, 0.3) is 0 Å². The van der Waals surface area contributed by atoms with Crippen molar-refractivity contribution < 1.29 is 17.9 Å². The van der Waals surface area contributed by atoms with Crippen molar-refractivity contribution in [1.29, 1.82) is 0 Å². The fraction of sp³-hybridized carbons (Fsp3) is 0.167. The Kier molecular flexibility index (Phi) is 3.45. The standard InChI is InChI=1S/C12H9F3N2O/c13-12(14,15)10-3-1-2-9(6-10)7-18-11-4-5-16-8-17-11/h1-6,8H,7H2. The molecule has 0 aliphatic heterocycles. The number of rotatable bonds is 3. The molecule has 0 saturated carbocycles. The summed E-state index contributed by atoms with van der Waals surface area (Å²) < 4.78 is 42.7. The lowest BCUT2D eigenvalue weighted by molar-refractivity contribution is -0.137. The van der Waals surface area contributed by atoms with Crippen LogP contribution >= 0.6 is 0 Å². The third kappa shape index (κ3) is 3.19. The van der Waals surface area contributed by atoms with Gasteiger partial charge in [-0.3, -0.25) is 0 Å². The van der Waals surface area contributed by atoms with E-state index in [1.807, 2.05) is 0 Å². The van der Waals surface area contributed by atoms with Gasteiger partial charge in [-0.15, -0.1) is 0 Å². The van der Waals surface area contributed by atoms with Crippen molar-refractivity contribution in [3.05, 3.63) is 54.0 Å². The van der Waals surface area contributed by atoms with Crippen molar-refractivity contribution in [3.8, 4) is 5.88 Å². The van der Waals surface area contributed by atoms with Crippen LogP contribution in [0.2, 0.25) is 0 Å². The minimum absolute atomic E-state index is 0.0287. The average molecular weight is 254 g/mol. The number of aromatic nitrogens is 2. The number of benzene rings is 1. The van der Waals surface area contributed by atoms with Gasteiger partial charge in [-0.2, -0.15) is 13.2 Å². The van der Waals surface area contributed by atoms with Crippen molar-refractivity contribution >= 4 is 0 Å². The second kappa shape index (κ2) is 5.03. The minimum Gasteiger partial charge on any atom is -0.473 e. The summed E-state index contributed by atoms with van der Waals surface area (Å²) in [5, 5.41) is 0. The SMILES string of the molecule is FC(F)(F)c1cccc(COc2ccncn2)c1. The summed E-state index contributed by atoms with van der Waals surface area (Å²) >= 11 is 0. The molecule has 3 nitrogen and oxygen atoms in total. The van der Waals surface area contributed by atoms with E-state index in [2.05, 4.69) is 9.97 Å². The van der Waals surface area contributed by atoms with E-state index in [1.165, 1.54) is 24.7 Å². The zero-order valence-electron chi connectivity index (χ0n) is 9.19. The molecule has 2 rings (SSSR count). The van der Waals surface area contributed by atoms with Crippen LogP contribution in [0.3, 0.4) is 0 Å². The van der Waals surface area contributed by atoms with E-state index >= 15 is 0 Å². The topological polar surface area (TPSA) is 35.0 Å². The molecule has 0 fully saturated rings. The van der Waals surface area contributed by atoms with Crippen LogP contribution in [0.15, 0.2) is 42.9 Å². The highest BCUT2D eigenvalue weighted by molar-refractivity contribution is 5.25. The molecule has 0 N–H and O–H groups in total. The van der Waals surface area contributed by atoms with E-state index in [1.54, 1.807) is 6.07 Å². The summed E-state index contributed by atoms with van der Waals surface area (Å²) in [4.78, 5) is 7.52. The van der Waals surface area contributed by atoms with E-state index in [4.69, 9.17) is 4.74 Å². The van der Waals surface area contributed by atoms with Crippen molar-refractivity contribution in [2.75, 3.05) is 0 Å². The third-order valence-electron chi connectivity index (χ3n) is 2.20. The Bertz CT molecular complexity index is 514. The van der Waals surface area contributed by atoms with Gasteiger partial charge >= 0.3 is 6.18 Å². The maximum Gasteiger partial charge on any atom is 0.416 e. The second-order valence-corrected chi connectivity index (χ2v) is 3.53. The number of halogens is 3. The Hall–Kier alpha value is -2.11. The lowest BCUT2D eigenvalue weighted by atomic mass is 10.1. The van der Waals surface area contributed by atoms with Crippen molar-refractivity contribution in [1.82, 2.24) is 9.97 Å². The minimum atomic E-state index is -4.34. The summed E-state index contributed by atoms with van der Waals surface area (Å²) in [7, 11) is 0. The van der Waals surface area contributed by atoms with Crippen LogP contribution in [-0.4, -0.2) is 9.97 Å². The predicted octanol–water partition coefficient (Wildman–Crippen LogP) is 3.07. The Balaban J connectivity index is 2.06. The van der Waals surface area contributed by atoms with Crippen LogP contribution in [0.1, 0.15) is 11.1 Å². The molecule has 6 heteroatoms. The molecule has 0 unspecified atom stereocenters. The molecule has 0 saturated heterocycles. The molecule has 2 aromatic rings. The molecule has 0 amide bonds. The maximum atomic E-state index is 12.5. The summed E-state index contributed by atoms with van der Waals surface area (Å²) in [6.07, 6.45) is -1.54. The Morgan fingerprint density at radius 1 is 1.17 bits per heavy atom. The molecule has 94 valence electrons. The summed E-state index contributed by atoms with van der Waals surface area (Å²) in [5.74, 6) is 0.322. The molecule has 0 spiro atoms. The van der Waals surface area contributed by atoms with Gasteiger partial charge in [0.2, 0.25) is 5.88 Å². The average Bonchev–Trinajstić information content (AvgIpc) is 2.37. The smallest absolute Gasteiger partial charge is 0.416 e. The molecule has 0 aliphatic carbocycles. The fourth-order valence-corrected chi connectivity index (χ4v) is 1.36. The number of ether oxygens (including phenoxy) is 1. The fourth-order valence-electron chi connectivity index (χ4n) is 1.36. The molecule has 18 heavy (non-hydrogen) atoms. The predicted molar refractivity (Wildman–Crippen MR) is 57.8 cm³/mol. The van der Waals surface area contributed by atoms with E-state index in [-0.39, 0.29) is 6.61 Å². The second-order valence-electron chi connectivity index (χ2n) is 3.53. The normalized spacial score (nSPS) is 11.3. The third-order valence-corrected chi connectivity index (χ3v) is 2.20. The van der Waals surface area contributed by atoms with Crippen LogP contribution < -0.4 is 4.74 Å². The van der Waals surface area contributed by atoms with E-state index in [9.17, 15) is 13.2 Å². The molecule has 0 bridgehead atoms. The highest BCUT2D eigenvalue weighted by Crippen LogP contribution is 2.29. The van der Waals surface area contributed by atoms with Gasteiger partial charge < -0.3 is 4.74 Å². The van der Waals surface area contributed by atoms with Gasteiger partial charge in [-0.05, 0) is 17.7 Å². The van der Waals surface area contributed by atoms with Gasteiger partial charge in [0.25, 0.3) is 0 Å². The highest BCUT2D eigenvalue weighted by Gasteiger charge is 2.30. The summed E-state index contributed by atoms with van der Waals surface area (Å²) in [6, 6.07) is 6.53. The molecule has 1 aromatic heterocycles. The maximum absolute atomic E-state index is 12.5. The van der Waals surface area contributed by atoms with Gasteiger partial charge in [-0.1, -0.05) is 12.1 Å². The van der Waals surface area contributed by atoms with Crippen LogP contribution in [0.5, 0.6) is 5.88 Å². The summed E-state index contributed by atoms with van der Waals surface area (Å²) in [6.45, 7) is 0.0287. The number of hydrogen-bond acceptors (Lipinski definition) is 3. The van der Waals surface area contributed by atoms with Crippen LogP contribution in [0, 0.1) is 0 Å². The van der Waals surface area contributed by atoms with Gasteiger partial charge in [0.1, 0.15) is 12.9 Å². The quantitative estimate of drug-likeness (QED) is 0.844. The van der Waals surface area contributed by atoms with Crippen molar-refractivity contribution in [2.24, 2.45) is 0 Å². The number of alkyl halides is 3. The Labute approximate surface area is 101 Å². The van der Waals surface area contributed by atoms with Gasteiger partial charge in [0.15, 0.2) is 0 Å². The molecule has 0 radical (unpaired) electrons. The first-order chi connectivity index (χ1) is 8.55. The van der Waals surface area contributed by atoms with Crippen molar-refractivity contribution in [3.63, 3.8) is 0 Å². The Morgan fingerprint density at radius 2 is 2.00 bits per heavy atom. The Morgan fingerprint density at radius 3 is 2.67 bits per heavy atom. The molecular formula is C12H9F3N2O. The molecular weight excluding hydrogens is 245 g/mol. The van der Waals surface area contributed by atoms with Gasteiger partial charge in [0, 0.05) is 12.3 Å². The highest BCUT2D eigenvalue weighted by atomic mass is 19.4. The zero-order chi connectivity index (χ0) is 13.0. The first-order valence-electron chi connectivity index (χ1n) is 5.10. The van der Waals surface area contributed by atoms with E-state index in [0.29, 0.717) is 11.4 Å². The first kappa shape index (κ1) is 12.3. The van der Waals surface area contributed by atoms with Crippen LogP contribution in [0.4, 0.5) is 13.2 Å². The van der Waals surface area contributed by atoms with Crippen molar-refractivity contribution in [2.45, 2.75) is 12.8 Å². The first-order valence-corrected chi connectivity index (χ1v) is 5.10. The molecule has 0 aliphatic rings. The summed E-state index contributed by atoms with van der Waals surface area (Å²) in [5.41, 5.74) is -0.255. The number of nitrogens with zero attached hydrogens (tertiary/aromatic N) is 2. The molecule has 0 atom stereocenters. The van der Waals surface area contributed by atoms with Gasteiger partial charge in [0.05, 0.1) is 5.56 Å². The number of hydrogen-bond donors (Lipinski definition) is 0. The monoisotopic (exact) mass is 254 g/mol. The largest absolute Gasteiger partial charge is 0.473 e. The zero-order valence-corrected chi connectivity index (χ0v) is 9.19. The molecule has 1 aromatic carbocycles. The van der Waals surface area contributed by atoms with Crippen LogP contribution in [-0.2, 0) is 12.8 Å². The molecule has 1 heterocycles. The van der Waals surface area contributed by atoms with E-state index < -0.39 is 11.7 Å².